The Balaban J connectivity index is 2.82. The molecule has 2 heteroatoms. The first-order valence-electron chi connectivity index (χ1n) is 5.25. The van der Waals surface area contributed by atoms with E-state index in [0.29, 0.717) is 0 Å². The molecule has 1 aromatic rings. The third kappa shape index (κ3) is 4.34. The van der Waals surface area contributed by atoms with E-state index in [-0.39, 0.29) is 5.91 Å². The Morgan fingerprint density at radius 3 is 2.41 bits per heavy atom. The van der Waals surface area contributed by atoms with E-state index in [1.54, 1.807) is 24.6 Å². The summed E-state index contributed by atoms with van der Waals surface area (Å²) in [4.78, 5) is 13.0. The van der Waals surface area contributed by atoms with Crippen LogP contribution in [0.1, 0.15) is 5.56 Å². The lowest BCUT2D eigenvalue weighted by Crippen LogP contribution is -2.16. The van der Waals surface area contributed by atoms with Crippen LogP contribution in [0.3, 0.4) is 0 Å². The van der Waals surface area contributed by atoms with Crippen molar-refractivity contribution in [2.24, 2.45) is 0 Å². The summed E-state index contributed by atoms with van der Waals surface area (Å²) >= 11 is 0. The van der Waals surface area contributed by atoms with E-state index in [9.17, 15) is 4.79 Å². The van der Waals surface area contributed by atoms with Crippen molar-refractivity contribution in [1.29, 1.82) is 0 Å². The van der Waals surface area contributed by atoms with Crippen LogP contribution in [-0.2, 0) is 4.79 Å². The molecule has 0 aliphatic heterocycles. The minimum atomic E-state index is -0.185. The molecule has 1 rings (SSSR count). The number of nitrogens with zero attached hydrogens (tertiary/aromatic N) is 1. The quantitative estimate of drug-likeness (QED) is 0.555. The van der Waals surface area contributed by atoms with Gasteiger partial charge in [0.05, 0.1) is 0 Å². The summed E-state index contributed by atoms with van der Waals surface area (Å²) in [5.74, 6) is -0.185. The monoisotopic (exact) mass is 225 g/mol. The van der Waals surface area contributed by atoms with Crippen LogP contribution in [0.4, 0.5) is 0 Å². The van der Waals surface area contributed by atoms with Crippen molar-refractivity contribution in [2.45, 2.75) is 0 Å². The molecule has 0 aromatic heterocycles. The maximum Gasteiger partial charge on any atom is 0.253 e. The van der Waals surface area contributed by atoms with Gasteiger partial charge < -0.3 is 0 Å². The SMILES string of the molecule is C=CC=CN(C=Cc1ccccc1)C(=O)C=C. The number of carbonyl (C=O) groups excluding carboxylic acids is 1. The minimum absolute atomic E-state index is 0.185. The van der Waals surface area contributed by atoms with Gasteiger partial charge in [0.1, 0.15) is 0 Å². The molecule has 0 spiro atoms. The highest BCUT2D eigenvalue weighted by atomic mass is 16.2. The molecule has 0 saturated carbocycles. The Bertz CT molecular complexity index is 443. The van der Waals surface area contributed by atoms with E-state index < -0.39 is 0 Å². The van der Waals surface area contributed by atoms with Crippen LogP contribution in [0.5, 0.6) is 0 Å². The van der Waals surface area contributed by atoms with Gasteiger partial charge in [0.15, 0.2) is 0 Å². The molecular weight excluding hydrogens is 210 g/mol. The molecule has 0 aliphatic rings. The summed E-state index contributed by atoms with van der Waals surface area (Å²) in [6.07, 6.45) is 9.75. The number of rotatable bonds is 5. The van der Waals surface area contributed by atoms with E-state index in [4.69, 9.17) is 0 Å². The van der Waals surface area contributed by atoms with E-state index in [1.165, 1.54) is 11.0 Å². The molecule has 0 N–H and O–H groups in total. The Morgan fingerprint density at radius 2 is 1.82 bits per heavy atom. The largest absolute Gasteiger partial charge is 0.291 e. The molecule has 0 atom stereocenters. The zero-order chi connectivity index (χ0) is 12.5. The molecular formula is C15H15NO. The Labute approximate surface area is 102 Å². The third-order valence-corrected chi connectivity index (χ3v) is 2.04. The summed E-state index contributed by atoms with van der Waals surface area (Å²) in [5.41, 5.74) is 1.03. The second-order valence-electron chi connectivity index (χ2n) is 3.25. The smallest absolute Gasteiger partial charge is 0.253 e. The molecule has 0 fully saturated rings. The molecule has 1 aromatic carbocycles. The van der Waals surface area contributed by atoms with E-state index in [1.807, 2.05) is 36.4 Å². The maximum atomic E-state index is 11.5. The number of benzene rings is 1. The van der Waals surface area contributed by atoms with E-state index in [0.717, 1.165) is 5.56 Å². The summed E-state index contributed by atoms with van der Waals surface area (Å²) in [7, 11) is 0. The molecule has 0 unspecified atom stereocenters. The molecule has 0 bridgehead atoms. The summed E-state index contributed by atoms with van der Waals surface area (Å²) in [6.45, 7) is 7.02. The van der Waals surface area contributed by atoms with Crippen molar-refractivity contribution in [3.63, 3.8) is 0 Å². The van der Waals surface area contributed by atoms with Gasteiger partial charge >= 0.3 is 0 Å². The lowest BCUT2D eigenvalue weighted by Gasteiger charge is -2.09. The predicted octanol–water partition coefficient (Wildman–Crippen LogP) is 3.37. The van der Waals surface area contributed by atoms with Crippen molar-refractivity contribution in [1.82, 2.24) is 4.90 Å². The number of hydrogen-bond acceptors (Lipinski definition) is 1. The highest BCUT2D eigenvalue weighted by molar-refractivity contribution is 5.89. The average Bonchev–Trinajstić information content (AvgIpc) is 2.39. The van der Waals surface area contributed by atoms with Crippen molar-refractivity contribution in [3.8, 4) is 0 Å². The highest BCUT2D eigenvalue weighted by Gasteiger charge is 2.01. The Kier molecular flexibility index (Phi) is 5.25. The number of carbonyl (C=O) groups is 1. The van der Waals surface area contributed by atoms with Crippen molar-refractivity contribution < 1.29 is 4.79 Å². The van der Waals surface area contributed by atoms with Gasteiger partial charge in [-0.3, -0.25) is 9.69 Å². The molecule has 0 heterocycles. The molecule has 0 aliphatic carbocycles. The maximum absolute atomic E-state index is 11.5. The highest BCUT2D eigenvalue weighted by Crippen LogP contribution is 2.04. The van der Waals surface area contributed by atoms with Crippen LogP contribution < -0.4 is 0 Å². The van der Waals surface area contributed by atoms with Crippen molar-refractivity contribution >= 4 is 12.0 Å². The van der Waals surface area contributed by atoms with Gasteiger partial charge in [-0.05, 0) is 23.8 Å². The molecule has 0 saturated heterocycles. The van der Waals surface area contributed by atoms with Gasteiger partial charge in [-0.2, -0.15) is 0 Å². The van der Waals surface area contributed by atoms with Gasteiger partial charge in [0, 0.05) is 12.4 Å². The fraction of sp³-hybridized carbons (Fsp3) is 0. The van der Waals surface area contributed by atoms with Crippen LogP contribution in [0.15, 0.2) is 74.1 Å². The van der Waals surface area contributed by atoms with E-state index in [2.05, 4.69) is 13.2 Å². The van der Waals surface area contributed by atoms with Crippen LogP contribution >= 0.6 is 0 Å². The lowest BCUT2D eigenvalue weighted by molar-refractivity contribution is -0.121. The van der Waals surface area contributed by atoms with Crippen molar-refractivity contribution in [2.75, 3.05) is 0 Å². The van der Waals surface area contributed by atoms with Crippen LogP contribution in [0, 0.1) is 0 Å². The van der Waals surface area contributed by atoms with Crippen LogP contribution in [0.25, 0.3) is 6.08 Å². The first-order chi connectivity index (χ1) is 8.27. The number of hydrogen-bond donors (Lipinski definition) is 0. The summed E-state index contributed by atoms with van der Waals surface area (Å²) in [5, 5.41) is 0. The fourth-order valence-electron chi connectivity index (χ4n) is 1.19. The van der Waals surface area contributed by atoms with E-state index >= 15 is 0 Å². The first kappa shape index (κ1) is 12.7. The zero-order valence-corrected chi connectivity index (χ0v) is 9.62. The minimum Gasteiger partial charge on any atom is -0.291 e. The Hall–Kier alpha value is -2.35. The third-order valence-electron chi connectivity index (χ3n) is 2.04. The second-order valence-corrected chi connectivity index (χ2v) is 3.25. The summed E-state index contributed by atoms with van der Waals surface area (Å²) in [6, 6.07) is 9.76. The van der Waals surface area contributed by atoms with Gasteiger partial charge in [-0.15, -0.1) is 0 Å². The molecule has 2 nitrogen and oxygen atoms in total. The van der Waals surface area contributed by atoms with Gasteiger partial charge in [0.2, 0.25) is 0 Å². The van der Waals surface area contributed by atoms with Gasteiger partial charge in [-0.1, -0.05) is 49.6 Å². The second kappa shape index (κ2) is 7.01. The normalized spacial score (nSPS) is 10.6. The average molecular weight is 225 g/mol. The summed E-state index contributed by atoms with van der Waals surface area (Å²) < 4.78 is 0. The molecule has 17 heavy (non-hydrogen) atoms. The number of amides is 1. The zero-order valence-electron chi connectivity index (χ0n) is 9.62. The topological polar surface area (TPSA) is 20.3 Å². The number of allylic oxidation sites excluding steroid dienone is 2. The van der Waals surface area contributed by atoms with Gasteiger partial charge in [-0.25, -0.2) is 0 Å². The van der Waals surface area contributed by atoms with Crippen LogP contribution in [-0.4, -0.2) is 10.8 Å². The standard InChI is InChI=1S/C15H15NO/c1-3-5-12-16(15(17)4-2)13-11-14-9-7-6-8-10-14/h3-13H,1-2H2. The predicted molar refractivity (Wildman–Crippen MR) is 71.9 cm³/mol. The molecule has 86 valence electrons. The van der Waals surface area contributed by atoms with Gasteiger partial charge in [0.25, 0.3) is 5.91 Å². The molecule has 0 radical (unpaired) electrons. The fourth-order valence-corrected chi connectivity index (χ4v) is 1.19. The lowest BCUT2D eigenvalue weighted by atomic mass is 10.2. The van der Waals surface area contributed by atoms with Crippen LogP contribution in [0.2, 0.25) is 0 Å². The molecule has 1 amide bonds. The van der Waals surface area contributed by atoms with Crippen molar-refractivity contribution in [3.05, 3.63) is 79.7 Å². The first-order valence-corrected chi connectivity index (χ1v) is 5.25. The Morgan fingerprint density at radius 1 is 1.12 bits per heavy atom.